The zero-order chi connectivity index (χ0) is 22.2. The number of benzene rings is 2. The molecule has 6 heteroatoms. The van der Waals surface area contributed by atoms with Crippen LogP contribution in [0.15, 0.2) is 73.1 Å². The number of nitrogens with zero attached hydrogens (tertiary/aromatic N) is 2. The van der Waals surface area contributed by atoms with E-state index in [-0.39, 0.29) is 17.7 Å². The topological polar surface area (TPSA) is 74.7 Å². The Kier molecular flexibility index (Phi) is 7.35. The number of nitrogens with one attached hydrogen (secondary N) is 1. The summed E-state index contributed by atoms with van der Waals surface area (Å²) in [6.45, 7) is 3.21. The summed E-state index contributed by atoms with van der Waals surface area (Å²) >= 11 is 0. The molecule has 1 aliphatic heterocycles. The molecule has 0 bridgehead atoms. The summed E-state index contributed by atoms with van der Waals surface area (Å²) in [7, 11) is 0. The standard InChI is InChI=1S/C26H29N3O3/c30-24-8-6-20(7-9-24)15-26(31)28-23-10-12-29(13-11-23)18-22-14-25(17-27-16-22)32-19-21-4-2-1-3-5-21/h1-9,14,16-17,23,30H,10-13,15,18-19H2,(H,28,31). The maximum atomic E-state index is 12.3. The van der Waals surface area contributed by atoms with Gasteiger partial charge in [-0.3, -0.25) is 14.7 Å². The molecule has 0 saturated carbocycles. The Balaban J connectivity index is 1.21. The van der Waals surface area contributed by atoms with E-state index in [0.717, 1.165) is 54.9 Å². The molecule has 2 N–H and O–H groups in total. The molecule has 0 aliphatic carbocycles. The number of hydrogen-bond acceptors (Lipinski definition) is 5. The van der Waals surface area contributed by atoms with E-state index in [1.54, 1.807) is 30.5 Å². The van der Waals surface area contributed by atoms with Crippen LogP contribution in [0.5, 0.6) is 11.5 Å². The van der Waals surface area contributed by atoms with Crippen molar-refractivity contribution >= 4 is 5.91 Å². The fraction of sp³-hybridized carbons (Fsp3) is 0.308. The monoisotopic (exact) mass is 431 g/mol. The van der Waals surface area contributed by atoms with Gasteiger partial charge in [-0.15, -0.1) is 0 Å². The lowest BCUT2D eigenvalue weighted by Crippen LogP contribution is -2.44. The molecule has 1 aromatic heterocycles. The molecule has 0 atom stereocenters. The fourth-order valence-electron chi connectivity index (χ4n) is 3.94. The van der Waals surface area contributed by atoms with Crippen LogP contribution in [0.25, 0.3) is 0 Å². The first-order valence-corrected chi connectivity index (χ1v) is 11.0. The minimum absolute atomic E-state index is 0.0293. The van der Waals surface area contributed by atoms with Crippen molar-refractivity contribution in [2.24, 2.45) is 0 Å². The largest absolute Gasteiger partial charge is 0.508 e. The summed E-state index contributed by atoms with van der Waals surface area (Å²) in [5, 5.41) is 12.5. The van der Waals surface area contributed by atoms with Gasteiger partial charge in [-0.05, 0) is 47.7 Å². The number of pyridine rings is 1. The highest BCUT2D eigenvalue weighted by atomic mass is 16.5. The predicted molar refractivity (Wildman–Crippen MR) is 123 cm³/mol. The molecule has 0 unspecified atom stereocenters. The second-order valence-electron chi connectivity index (χ2n) is 8.26. The molecular formula is C26H29N3O3. The van der Waals surface area contributed by atoms with Crippen LogP contribution in [-0.2, 0) is 24.4 Å². The molecule has 3 aromatic rings. The van der Waals surface area contributed by atoms with Crippen LogP contribution in [0, 0.1) is 0 Å². The smallest absolute Gasteiger partial charge is 0.224 e. The van der Waals surface area contributed by atoms with E-state index >= 15 is 0 Å². The number of carbonyl (C=O) groups excluding carboxylic acids is 1. The maximum absolute atomic E-state index is 12.3. The van der Waals surface area contributed by atoms with Crippen molar-refractivity contribution in [3.05, 3.63) is 89.7 Å². The molecule has 1 saturated heterocycles. The highest BCUT2D eigenvalue weighted by Crippen LogP contribution is 2.18. The molecular weight excluding hydrogens is 402 g/mol. The van der Waals surface area contributed by atoms with Gasteiger partial charge in [0.15, 0.2) is 0 Å². The van der Waals surface area contributed by atoms with E-state index in [1.165, 1.54) is 0 Å². The SMILES string of the molecule is O=C(Cc1ccc(O)cc1)NC1CCN(Cc2cncc(OCc3ccccc3)c2)CC1. The summed E-state index contributed by atoms with van der Waals surface area (Å²) in [5.74, 6) is 1.02. The number of phenols is 1. The zero-order valence-electron chi connectivity index (χ0n) is 18.1. The number of likely N-dealkylation sites (tertiary alicyclic amines) is 1. The average Bonchev–Trinajstić information content (AvgIpc) is 2.81. The number of aromatic hydroxyl groups is 1. The van der Waals surface area contributed by atoms with Gasteiger partial charge in [0.05, 0.1) is 12.6 Å². The van der Waals surface area contributed by atoms with E-state index < -0.39 is 0 Å². The van der Waals surface area contributed by atoms with Crippen LogP contribution in [0.2, 0.25) is 0 Å². The van der Waals surface area contributed by atoms with E-state index in [4.69, 9.17) is 4.74 Å². The Morgan fingerprint density at radius 3 is 2.50 bits per heavy atom. The lowest BCUT2D eigenvalue weighted by molar-refractivity contribution is -0.121. The molecule has 6 nitrogen and oxygen atoms in total. The van der Waals surface area contributed by atoms with Crippen LogP contribution in [0.1, 0.15) is 29.5 Å². The van der Waals surface area contributed by atoms with Crippen LogP contribution in [0.4, 0.5) is 0 Å². The number of phenolic OH excluding ortho intramolecular Hbond substituents is 1. The van der Waals surface area contributed by atoms with Gasteiger partial charge in [0.2, 0.25) is 5.91 Å². The fourth-order valence-corrected chi connectivity index (χ4v) is 3.94. The highest BCUT2D eigenvalue weighted by Gasteiger charge is 2.21. The molecule has 2 aromatic carbocycles. The molecule has 166 valence electrons. The lowest BCUT2D eigenvalue weighted by atomic mass is 10.0. The molecule has 1 amide bonds. The first kappa shape index (κ1) is 21.8. The van der Waals surface area contributed by atoms with Crippen molar-refractivity contribution in [2.45, 2.75) is 38.5 Å². The Bertz CT molecular complexity index is 1000. The molecule has 1 aliphatic rings. The van der Waals surface area contributed by atoms with Crippen LogP contribution < -0.4 is 10.1 Å². The minimum Gasteiger partial charge on any atom is -0.508 e. The third-order valence-corrected chi connectivity index (χ3v) is 5.68. The molecule has 1 fully saturated rings. The summed E-state index contributed by atoms with van der Waals surface area (Å²) in [4.78, 5) is 19.1. The Hall–Kier alpha value is -3.38. The van der Waals surface area contributed by atoms with Crippen LogP contribution >= 0.6 is 0 Å². The zero-order valence-corrected chi connectivity index (χ0v) is 18.1. The number of amides is 1. The van der Waals surface area contributed by atoms with E-state index in [1.807, 2.05) is 36.5 Å². The lowest BCUT2D eigenvalue weighted by Gasteiger charge is -2.32. The summed E-state index contributed by atoms with van der Waals surface area (Å²) in [6, 6.07) is 19.1. The summed E-state index contributed by atoms with van der Waals surface area (Å²) < 4.78 is 5.90. The second-order valence-corrected chi connectivity index (χ2v) is 8.26. The van der Waals surface area contributed by atoms with Gasteiger partial charge < -0.3 is 15.2 Å². The molecule has 4 rings (SSSR count). The third-order valence-electron chi connectivity index (χ3n) is 5.68. The van der Waals surface area contributed by atoms with Crippen LogP contribution in [-0.4, -0.2) is 40.0 Å². The van der Waals surface area contributed by atoms with Crippen molar-refractivity contribution < 1.29 is 14.6 Å². The van der Waals surface area contributed by atoms with Crippen molar-refractivity contribution in [3.8, 4) is 11.5 Å². The second kappa shape index (κ2) is 10.8. The van der Waals surface area contributed by atoms with Crippen LogP contribution in [0.3, 0.4) is 0 Å². The Morgan fingerprint density at radius 2 is 1.75 bits per heavy atom. The van der Waals surface area contributed by atoms with Crippen molar-refractivity contribution in [2.75, 3.05) is 13.1 Å². The van der Waals surface area contributed by atoms with E-state index in [2.05, 4.69) is 21.3 Å². The number of ether oxygens (including phenoxy) is 1. The minimum atomic E-state index is 0.0293. The molecule has 2 heterocycles. The number of carbonyl (C=O) groups is 1. The highest BCUT2D eigenvalue weighted by molar-refractivity contribution is 5.78. The van der Waals surface area contributed by atoms with Gasteiger partial charge in [-0.25, -0.2) is 0 Å². The number of piperidine rings is 1. The summed E-state index contributed by atoms with van der Waals surface area (Å²) in [5.41, 5.74) is 3.16. The third kappa shape index (κ3) is 6.56. The maximum Gasteiger partial charge on any atom is 0.224 e. The van der Waals surface area contributed by atoms with Gasteiger partial charge in [-0.1, -0.05) is 42.5 Å². The normalized spacial score (nSPS) is 14.8. The van der Waals surface area contributed by atoms with Gasteiger partial charge in [0, 0.05) is 31.9 Å². The van der Waals surface area contributed by atoms with Gasteiger partial charge in [0.25, 0.3) is 0 Å². The van der Waals surface area contributed by atoms with E-state index in [0.29, 0.717) is 13.0 Å². The average molecular weight is 432 g/mol. The first-order chi connectivity index (χ1) is 15.6. The Morgan fingerprint density at radius 1 is 1.00 bits per heavy atom. The summed E-state index contributed by atoms with van der Waals surface area (Å²) in [6.07, 6.45) is 5.84. The van der Waals surface area contributed by atoms with Crippen molar-refractivity contribution in [1.82, 2.24) is 15.2 Å². The number of aromatic nitrogens is 1. The van der Waals surface area contributed by atoms with Gasteiger partial charge in [0.1, 0.15) is 18.1 Å². The Labute approximate surface area is 188 Å². The van der Waals surface area contributed by atoms with Crippen molar-refractivity contribution in [3.63, 3.8) is 0 Å². The van der Waals surface area contributed by atoms with Crippen molar-refractivity contribution in [1.29, 1.82) is 0 Å². The quantitative estimate of drug-likeness (QED) is 0.569. The molecule has 0 radical (unpaired) electrons. The molecule has 0 spiro atoms. The number of hydrogen-bond donors (Lipinski definition) is 2. The van der Waals surface area contributed by atoms with Gasteiger partial charge >= 0.3 is 0 Å². The molecule has 32 heavy (non-hydrogen) atoms. The number of rotatable bonds is 8. The van der Waals surface area contributed by atoms with E-state index in [9.17, 15) is 9.90 Å². The first-order valence-electron chi connectivity index (χ1n) is 11.0. The van der Waals surface area contributed by atoms with Gasteiger partial charge in [-0.2, -0.15) is 0 Å². The predicted octanol–water partition coefficient (Wildman–Crippen LogP) is 3.69.